The first-order valence-corrected chi connectivity index (χ1v) is 6.23. The lowest BCUT2D eigenvalue weighted by atomic mass is 10.3. The van der Waals surface area contributed by atoms with Crippen molar-refractivity contribution in [2.75, 3.05) is 19.8 Å². The highest BCUT2D eigenvalue weighted by Gasteiger charge is 2.01. The Labute approximate surface area is 118 Å². The molecule has 5 nitrogen and oxygen atoms in total. The summed E-state index contributed by atoms with van der Waals surface area (Å²) in [6.07, 6.45) is 1.30. The van der Waals surface area contributed by atoms with Crippen LogP contribution in [0, 0.1) is 0 Å². The summed E-state index contributed by atoms with van der Waals surface area (Å²) in [6.45, 7) is 3.53. The molecule has 20 heavy (non-hydrogen) atoms. The van der Waals surface area contributed by atoms with Gasteiger partial charge in [-0.15, -0.1) is 0 Å². The molecule has 0 saturated heterocycles. The average molecular weight is 278 g/mol. The van der Waals surface area contributed by atoms with Crippen molar-refractivity contribution in [3.8, 4) is 5.75 Å². The first-order valence-electron chi connectivity index (χ1n) is 6.23. The number of rotatable bonds is 7. The molecule has 0 aliphatic carbocycles. The number of hydrogen-bond acceptors (Lipinski definition) is 5. The molecule has 0 heterocycles. The monoisotopic (exact) mass is 278 g/mol. The van der Waals surface area contributed by atoms with E-state index in [9.17, 15) is 9.59 Å². The van der Waals surface area contributed by atoms with Crippen LogP contribution in [0.25, 0.3) is 0 Å². The van der Waals surface area contributed by atoms with Crippen molar-refractivity contribution in [2.24, 2.45) is 0 Å². The van der Waals surface area contributed by atoms with Gasteiger partial charge in [0.1, 0.15) is 25.6 Å². The Bertz CT molecular complexity index is 464. The molecule has 1 rings (SSSR count). The Hall–Kier alpha value is -2.30. The molecule has 0 aromatic heterocycles. The van der Waals surface area contributed by atoms with E-state index in [0.29, 0.717) is 5.57 Å². The molecule has 0 unspecified atom stereocenters. The molecular formula is C15H18O5. The van der Waals surface area contributed by atoms with E-state index in [0.717, 1.165) is 5.75 Å². The highest BCUT2D eigenvalue weighted by atomic mass is 16.6. The zero-order valence-corrected chi connectivity index (χ0v) is 11.6. The van der Waals surface area contributed by atoms with Gasteiger partial charge in [-0.3, -0.25) is 4.79 Å². The molecule has 5 heteroatoms. The SMILES string of the molecule is CC(=O)OC/C(C)=C/C(=O)OCCOc1ccccc1. The Morgan fingerprint density at radius 2 is 1.75 bits per heavy atom. The van der Waals surface area contributed by atoms with E-state index < -0.39 is 5.97 Å². The van der Waals surface area contributed by atoms with Crippen molar-refractivity contribution in [2.45, 2.75) is 13.8 Å². The van der Waals surface area contributed by atoms with Crippen LogP contribution in [0.1, 0.15) is 13.8 Å². The summed E-state index contributed by atoms with van der Waals surface area (Å²) in [5.41, 5.74) is 0.620. The van der Waals surface area contributed by atoms with Gasteiger partial charge >= 0.3 is 11.9 Å². The first-order chi connectivity index (χ1) is 9.58. The number of hydrogen-bond donors (Lipinski definition) is 0. The zero-order chi connectivity index (χ0) is 14.8. The highest BCUT2D eigenvalue weighted by molar-refractivity contribution is 5.82. The minimum Gasteiger partial charge on any atom is -0.490 e. The molecule has 0 amide bonds. The van der Waals surface area contributed by atoms with E-state index in [4.69, 9.17) is 14.2 Å². The maximum absolute atomic E-state index is 11.4. The maximum Gasteiger partial charge on any atom is 0.330 e. The van der Waals surface area contributed by atoms with Crippen LogP contribution in [0.4, 0.5) is 0 Å². The third-order valence-corrected chi connectivity index (χ3v) is 2.21. The van der Waals surface area contributed by atoms with Crippen molar-refractivity contribution >= 4 is 11.9 Å². The van der Waals surface area contributed by atoms with Gasteiger partial charge in [-0.1, -0.05) is 18.2 Å². The van der Waals surface area contributed by atoms with E-state index in [1.807, 2.05) is 30.3 Å². The third-order valence-electron chi connectivity index (χ3n) is 2.21. The minimum absolute atomic E-state index is 0.0882. The van der Waals surface area contributed by atoms with E-state index in [-0.39, 0.29) is 25.8 Å². The summed E-state index contributed by atoms with van der Waals surface area (Å²) in [4.78, 5) is 22.0. The van der Waals surface area contributed by atoms with Gasteiger partial charge in [0.05, 0.1) is 0 Å². The number of carbonyl (C=O) groups excluding carboxylic acids is 2. The molecule has 108 valence electrons. The summed E-state index contributed by atoms with van der Waals surface area (Å²) in [5.74, 6) is -0.140. The van der Waals surface area contributed by atoms with Crippen LogP contribution < -0.4 is 4.74 Å². The highest BCUT2D eigenvalue weighted by Crippen LogP contribution is 2.07. The predicted molar refractivity (Wildman–Crippen MR) is 73.3 cm³/mol. The van der Waals surface area contributed by atoms with Crippen molar-refractivity contribution in [3.05, 3.63) is 42.0 Å². The lowest BCUT2D eigenvalue weighted by Crippen LogP contribution is -2.11. The number of benzene rings is 1. The standard InChI is InChI=1S/C15H18O5/c1-12(11-20-13(2)16)10-15(17)19-9-8-18-14-6-4-3-5-7-14/h3-7,10H,8-9,11H2,1-2H3/b12-10+. The second-order valence-electron chi connectivity index (χ2n) is 4.10. The molecule has 0 saturated carbocycles. The van der Waals surface area contributed by atoms with Crippen LogP contribution in [-0.2, 0) is 19.1 Å². The van der Waals surface area contributed by atoms with Crippen molar-refractivity contribution in [1.82, 2.24) is 0 Å². The zero-order valence-electron chi connectivity index (χ0n) is 11.6. The molecule has 0 aliphatic rings. The van der Waals surface area contributed by atoms with E-state index in [1.54, 1.807) is 6.92 Å². The summed E-state index contributed by atoms with van der Waals surface area (Å²) in [5, 5.41) is 0. The predicted octanol–water partition coefficient (Wildman–Crippen LogP) is 2.12. The molecule has 0 N–H and O–H groups in total. The molecular weight excluding hydrogens is 260 g/mol. The smallest absolute Gasteiger partial charge is 0.330 e. The van der Waals surface area contributed by atoms with Crippen LogP contribution in [0.15, 0.2) is 42.0 Å². The second-order valence-corrected chi connectivity index (χ2v) is 4.10. The van der Waals surface area contributed by atoms with E-state index >= 15 is 0 Å². The first kappa shape index (κ1) is 15.8. The van der Waals surface area contributed by atoms with Crippen LogP contribution in [-0.4, -0.2) is 31.8 Å². The van der Waals surface area contributed by atoms with Gasteiger partial charge in [-0.05, 0) is 24.6 Å². The third kappa shape index (κ3) is 7.20. The Kier molecular flexibility index (Phi) is 6.89. The molecule has 1 aromatic carbocycles. The summed E-state index contributed by atoms with van der Waals surface area (Å²) in [7, 11) is 0. The Morgan fingerprint density at radius 3 is 2.40 bits per heavy atom. The average Bonchev–Trinajstić information content (AvgIpc) is 2.42. The lowest BCUT2D eigenvalue weighted by molar-refractivity contribution is -0.141. The summed E-state index contributed by atoms with van der Waals surface area (Å²) < 4.78 is 15.1. The van der Waals surface area contributed by atoms with Gasteiger partial charge in [-0.2, -0.15) is 0 Å². The molecule has 0 spiro atoms. The molecule has 0 radical (unpaired) electrons. The molecule has 0 atom stereocenters. The van der Waals surface area contributed by atoms with E-state index in [1.165, 1.54) is 13.0 Å². The van der Waals surface area contributed by atoms with Gasteiger partial charge in [-0.25, -0.2) is 4.79 Å². The quantitative estimate of drug-likeness (QED) is 0.434. The van der Waals surface area contributed by atoms with Gasteiger partial charge in [0, 0.05) is 13.0 Å². The molecule has 0 bridgehead atoms. The summed E-state index contributed by atoms with van der Waals surface area (Å²) in [6, 6.07) is 9.27. The van der Waals surface area contributed by atoms with Gasteiger partial charge in [0.2, 0.25) is 0 Å². The van der Waals surface area contributed by atoms with Crippen molar-refractivity contribution < 1.29 is 23.8 Å². The Balaban J connectivity index is 2.19. The number of para-hydroxylation sites is 1. The van der Waals surface area contributed by atoms with Crippen molar-refractivity contribution in [1.29, 1.82) is 0 Å². The maximum atomic E-state index is 11.4. The van der Waals surface area contributed by atoms with Crippen LogP contribution in [0.2, 0.25) is 0 Å². The fourth-order valence-electron chi connectivity index (χ4n) is 1.32. The summed E-state index contributed by atoms with van der Waals surface area (Å²) >= 11 is 0. The lowest BCUT2D eigenvalue weighted by Gasteiger charge is -2.06. The van der Waals surface area contributed by atoms with Crippen LogP contribution in [0.5, 0.6) is 5.75 Å². The minimum atomic E-state index is -0.480. The second kappa shape index (κ2) is 8.74. The fraction of sp³-hybridized carbons (Fsp3) is 0.333. The largest absolute Gasteiger partial charge is 0.490 e. The number of esters is 2. The molecule has 1 aromatic rings. The fourth-order valence-corrected chi connectivity index (χ4v) is 1.32. The van der Waals surface area contributed by atoms with E-state index in [2.05, 4.69) is 0 Å². The number of ether oxygens (including phenoxy) is 3. The van der Waals surface area contributed by atoms with Gasteiger partial charge < -0.3 is 14.2 Å². The van der Waals surface area contributed by atoms with Crippen molar-refractivity contribution in [3.63, 3.8) is 0 Å². The van der Waals surface area contributed by atoms with Crippen LogP contribution >= 0.6 is 0 Å². The van der Waals surface area contributed by atoms with Gasteiger partial charge in [0.25, 0.3) is 0 Å². The van der Waals surface area contributed by atoms with Crippen LogP contribution in [0.3, 0.4) is 0 Å². The topological polar surface area (TPSA) is 61.8 Å². The van der Waals surface area contributed by atoms with Gasteiger partial charge in [0.15, 0.2) is 0 Å². The normalized spacial score (nSPS) is 10.8. The molecule has 0 fully saturated rings. The number of carbonyl (C=O) groups is 2. The Morgan fingerprint density at radius 1 is 1.05 bits per heavy atom. The molecule has 0 aliphatic heterocycles.